The zero-order chi connectivity index (χ0) is 17.5. The molecule has 1 fully saturated rings. The molecule has 1 aliphatic heterocycles. The van der Waals surface area contributed by atoms with Gasteiger partial charge in [-0.15, -0.1) is 11.3 Å². The minimum Gasteiger partial charge on any atom is -0.351 e. The molecule has 0 bridgehead atoms. The lowest BCUT2D eigenvalue weighted by atomic mass is 10.3. The predicted octanol–water partition coefficient (Wildman–Crippen LogP) is 2.36. The van der Waals surface area contributed by atoms with E-state index in [1.165, 1.54) is 16.4 Å². The second kappa shape index (κ2) is 6.14. The quantitative estimate of drug-likeness (QED) is 0.817. The van der Waals surface area contributed by atoms with Crippen LogP contribution in [0.1, 0.15) is 5.76 Å². The molecule has 0 radical (unpaired) electrons. The van der Waals surface area contributed by atoms with E-state index in [1.54, 1.807) is 0 Å². The number of piperazine rings is 1. The molecule has 0 N–H and O–H groups in total. The lowest BCUT2D eigenvalue weighted by Crippen LogP contribution is -2.46. The second-order valence-corrected chi connectivity index (χ2v) is 8.65. The van der Waals surface area contributed by atoms with E-state index >= 15 is 0 Å². The van der Waals surface area contributed by atoms with Crippen LogP contribution in [0.3, 0.4) is 0 Å². The van der Waals surface area contributed by atoms with Crippen molar-refractivity contribution in [3.8, 4) is 10.6 Å². The number of halogens is 3. The fourth-order valence-electron chi connectivity index (χ4n) is 2.28. The average molecular weight is 381 g/mol. The molecule has 0 unspecified atom stereocenters. The molecule has 6 nitrogen and oxygen atoms in total. The summed E-state index contributed by atoms with van der Waals surface area (Å²) in [6.45, 7) is 2.04. The number of hydrogen-bond acceptors (Lipinski definition) is 6. The number of nitrogens with zero attached hydrogens (tertiary/aromatic N) is 3. The van der Waals surface area contributed by atoms with Crippen LogP contribution in [0.5, 0.6) is 0 Å². The third-order valence-electron chi connectivity index (χ3n) is 3.68. The summed E-state index contributed by atoms with van der Waals surface area (Å²) in [6.07, 6.45) is -4.63. The van der Waals surface area contributed by atoms with Crippen molar-refractivity contribution < 1.29 is 26.1 Å². The average Bonchev–Trinajstić information content (AvgIpc) is 3.16. The summed E-state index contributed by atoms with van der Waals surface area (Å²) in [6, 6.07) is 3.58. The normalized spacial score (nSPS) is 18.2. The van der Waals surface area contributed by atoms with Crippen molar-refractivity contribution in [1.82, 2.24) is 14.4 Å². The third kappa shape index (κ3) is 3.34. The van der Waals surface area contributed by atoms with Crippen LogP contribution in [0.15, 0.2) is 26.9 Å². The molecule has 24 heavy (non-hydrogen) atoms. The molecule has 11 heteroatoms. The number of rotatable bonds is 3. The first kappa shape index (κ1) is 17.4. The molecule has 0 aromatic carbocycles. The molecule has 1 aliphatic rings. The molecule has 0 atom stereocenters. The predicted molar refractivity (Wildman–Crippen MR) is 81.1 cm³/mol. The summed E-state index contributed by atoms with van der Waals surface area (Å²) >= 11 is 0.878. The van der Waals surface area contributed by atoms with Crippen molar-refractivity contribution >= 4 is 21.4 Å². The van der Waals surface area contributed by atoms with E-state index in [0.29, 0.717) is 31.1 Å². The minimum atomic E-state index is -4.63. The summed E-state index contributed by atoms with van der Waals surface area (Å²) in [5.41, 5.74) is -0.0350. The largest absolute Gasteiger partial charge is 0.452 e. The maximum atomic E-state index is 12.6. The highest BCUT2D eigenvalue weighted by molar-refractivity contribution is 7.91. The van der Waals surface area contributed by atoms with Crippen molar-refractivity contribution in [1.29, 1.82) is 0 Å². The van der Waals surface area contributed by atoms with Crippen molar-refractivity contribution in [2.75, 3.05) is 33.2 Å². The highest BCUT2D eigenvalue weighted by atomic mass is 32.2. The number of sulfonamides is 1. The van der Waals surface area contributed by atoms with Gasteiger partial charge in [-0.25, -0.2) is 8.42 Å². The van der Waals surface area contributed by atoms with Crippen LogP contribution < -0.4 is 0 Å². The van der Waals surface area contributed by atoms with E-state index in [1.807, 2.05) is 11.9 Å². The number of likely N-dealkylation sites (N-methyl/N-ethyl adjacent to an activating group) is 1. The zero-order valence-electron chi connectivity index (χ0n) is 12.6. The molecule has 2 aromatic heterocycles. The van der Waals surface area contributed by atoms with Crippen molar-refractivity contribution in [3.05, 3.63) is 24.0 Å². The Morgan fingerprint density at radius 2 is 1.88 bits per heavy atom. The van der Waals surface area contributed by atoms with Gasteiger partial charge in [0.05, 0.1) is 4.88 Å². The highest BCUT2D eigenvalue weighted by Crippen LogP contribution is 2.36. The van der Waals surface area contributed by atoms with Gasteiger partial charge in [0.15, 0.2) is 0 Å². The summed E-state index contributed by atoms with van der Waals surface area (Å²) in [5, 5.41) is 3.37. The fraction of sp³-hybridized carbons (Fsp3) is 0.462. The molecule has 0 amide bonds. The van der Waals surface area contributed by atoms with Gasteiger partial charge >= 0.3 is 6.18 Å². The molecule has 1 saturated heterocycles. The summed E-state index contributed by atoms with van der Waals surface area (Å²) in [4.78, 5) is 2.34. The summed E-state index contributed by atoms with van der Waals surface area (Å²) in [5.74, 6) is -1.21. The van der Waals surface area contributed by atoms with Gasteiger partial charge in [-0.05, 0) is 19.2 Å². The van der Waals surface area contributed by atoms with Gasteiger partial charge in [-0.3, -0.25) is 0 Å². The van der Waals surface area contributed by atoms with Crippen LogP contribution in [0, 0.1) is 0 Å². The smallest absolute Gasteiger partial charge is 0.351 e. The van der Waals surface area contributed by atoms with E-state index < -0.39 is 22.0 Å². The van der Waals surface area contributed by atoms with Gasteiger partial charge in [0.1, 0.15) is 9.90 Å². The Morgan fingerprint density at radius 3 is 2.46 bits per heavy atom. The standard InChI is InChI=1S/C13H14F3N3O3S2/c1-18-4-6-19(7-5-18)24(20,21)12-3-2-10(23-12)9-8-11(22-17-9)13(14,15)16/h2-3,8H,4-7H2,1H3. The number of thiophene rings is 1. The molecule has 0 aliphatic carbocycles. The first-order valence-corrected chi connectivity index (χ1v) is 9.26. The van der Waals surface area contributed by atoms with Gasteiger partial charge < -0.3 is 9.42 Å². The molecule has 0 spiro atoms. The Kier molecular flexibility index (Phi) is 4.45. The maximum Gasteiger partial charge on any atom is 0.452 e. The Hall–Kier alpha value is -1.43. The van der Waals surface area contributed by atoms with E-state index in [4.69, 9.17) is 0 Å². The van der Waals surface area contributed by atoms with Crippen LogP contribution in [-0.2, 0) is 16.2 Å². The Balaban J connectivity index is 1.84. The van der Waals surface area contributed by atoms with Crippen molar-refractivity contribution in [2.24, 2.45) is 0 Å². The topological polar surface area (TPSA) is 66.7 Å². The molecular formula is C13H14F3N3O3S2. The van der Waals surface area contributed by atoms with Gasteiger partial charge in [0, 0.05) is 32.2 Å². The maximum absolute atomic E-state index is 12.6. The minimum absolute atomic E-state index is 0.0350. The van der Waals surface area contributed by atoms with E-state index in [0.717, 1.165) is 17.4 Å². The lowest BCUT2D eigenvalue weighted by molar-refractivity contribution is -0.155. The first-order chi connectivity index (χ1) is 11.2. The number of aromatic nitrogens is 1. The molecule has 132 valence electrons. The first-order valence-electron chi connectivity index (χ1n) is 7.01. The lowest BCUT2D eigenvalue weighted by Gasteiger charge is -2.31. The number of hydrogen-bond donors (Lipinski definition) is 0. The monoisotopic (exact) mass is 381 g/mol. The van der Waals surface area contributed by atoms with E-state index in [2.05, 4.69) is 9.68 Å². The number of alkyl halides is 3. The SMILES string of the molecule is CN1CCN(S(=O)(=O)c2ccc(-c3cc(C(F)(F)F)on3)s2)CC1. The van der Waals surface area contributed by atoms with E-state index in [9.17, 15) is 21.6 Å². The van der Waals surface area contributed by atoms with Crippen LogP contribution in [0.4, 0.5) is 13.2 Å². The molecular weight excluding hydrogens is 367 g/mol. The van der Waals surface area contributed by atoms with Crippen molar-refractivity contribution in [3.63, 3.8) is 0 Å². The Bertz CT molecular complexity index is 821. The van der Waals surface area contributed by atoms with Crippen LogP contribution >= 0.6 is 11.3 Å². The molecule has 0 saturated carbocycles. The molecule has 3 rings (SSSR count). The van der Waals surface area contributed by atoms with Gasteiger partial charge in [-0.2, -0.15) is 17.5 Å². The molecule has 2 aromatic rings. The van der Waals surface area contributed by atoms with E-state index in [-0.39, 0.29) is 9.90 Å². The summed E-state index contributed by atoms with van der Waals surface area (Å²) < 4.78 is 68.6. The Labute approximate surface area is 140 Å². The van der Waals surface area contributed by atoms with Gasteiger partial charge in [0.2, 0.25) is 5.76 Å². The van der Waals surface area contributed by atoms with Crippen molar-refractivity contribution in [2.45, 2.75) is 10.4 Å². The highest BCUT2D eigenvalue weighted by Gasteiger charge is 2.36. The fourth-order valence-corrected chi connectivity index (χ4v) is 5.11. The van der Waals surface area contributed by atoms with Crippen LogP contribution in [-0.4, -0.2) is 56.0 Å². The zero-order valence-corrected chi connectivity index (χ0v) is 14.2. The second-order valence-electron chi connectivity index (χ2n) is 5.40. The van der Waals surface area contributed by atoms with Crippen LogP contribution in [0.2, 0.25) is 0 Å². The molecule has 3 heterocycles. The van der Waals surface area contributed by atoms with Gasteiger partial charge in [-0.1, -0.05) is 5.16 Å². The Morgan fingerprint density at radius 1 is 1.21 bits per heavy atom. The summed E-state index contributed by atoms with van der Waals surface area (Å²) in [7, 11) is -1.74. The van der Waals surface area contributed by atoms with Gasteiger partial charge in [0.25, 0.3) is 10.0 Å². The third-order valence-corrected chi connectivity index (χ3v) is 7.15. The van der Waals surface area contributed by atoms with Crippen LogP contribution in [0.25, 0.3) is 10.6 Å².